The molecule has 2 aliphatic rings. The highest BCUT2D eigenvalue weighted by molar-refractivity contribution is 6.60. The second kappa shape index (κ2) is 6.48. The van der Waals surface area contributed by atoms with E-state index in [0.29, 0.717) is 31.8 Å². The summed E-state index contributed by atoms with van der Waals surface area (Å²) in [6.07, 6.45) is 3.18. The lowest BCUT2D eigenvalue weighted by atomic mass is 9.79. The topological polar surface area (TPSA) is 75.3 Å². The Hall–Kier alpha value is -0.885. The Morgan fingerprint density at radius 3 is 2.43 bits per heavy atom. The van der Waals surface area contributed by atoms with Gasteiger partial charge in [-0.1, -0.05) is 0 Å². The van der Waals surface area contributed by atoms with Gasteiger partial charge in [-0.3, -0.25) is 4.99 Å². The smallest absolute Gasteiger partial charge is 0.405 e. The van der Waals surface area contributed by atoms with Crippen LogP contribution in [0.1, 0.15) is 27.7 Å². The van der Waals surface area contributed by atoms with Gasteiger partial charge in [0.05, 0.1) is 37.6 Å². The van der Waals surface area contributed by atoms with E-state index < -0.39 is 7.12 Å². The number of nitrogens with zero attached hydrogens (tertiary/aromatic N) is 1. The third-order valence-corrected chi connectivity index (χ3v) is 4.15. The van der Waals surface area contributed by atoms with Crippen LogP contribution in [0.25, 0.3) is 0 Å². The van der Waals surface area contributed by atoms with E-state index in [1.165, 1.54) is 6.20 Å². The largest absolute Gasteiger partial charge is 0.497 e. The van der Waals surface area contributed by atoms with E-state index in [2.05, 4.69) is 4.99 Å². The van der Waals surface area contributed by atoms with Gasteiger partial charge in [-0.25, -0.2) is 0 Å². The lowest BCUT2D eigenvalue weighted by molar-refractivity contribution is -0.0832. The monoisotopic (exact) mass is 296 g/mol. The van der Waals surface area contributed by atoms with Crippen LogP contribution in [-0.2, 0) is 18.8 Å². The first-order chi connectivity index (χ1) is 9.86. The van der Waals surface area contributed by atoms with Gasteiger partial charge in [0, 0.05) is 11.7 Å². The number of aliphatic imine (C=N–C) groups is 1. The first-order valence-corrected chi connectivity index (χ1v) is 7.32. The number of hydrogen-bond donors (Lipinski definition) is 1. The quantitative estimate of drug-likeness (QED) is 0.617. The molecule has 2 saturated heterocycles. The predicted molar refractivity (Wildman–Crippen MR) is 82.3 cm³/mol. The highest BCUT2D eigenvalue weighted by Gasteiger charge is 2.52. The molecule has 7 heteroatoms. The summed E-state index contributed by atoms with van der Waals surface area (Å²) in [5.74, 6) is 0. The van der Waals surface area contributed by atoms with Crippen molar-refractivity contribution >= 4 is 13.3 Å². The zero-order valence-electron chi connectivity index (χ0n) is 13.3. The van der Waals surface area contributed by atoms with Gasteiger partial charge >= 0.3 is 7.12 Å². The Morgan fingerprint density at radius 2 is 1.90 bits per heavy atom. The molecule has 0 aromatic heterocycles. The van der Waals surface area contributed by atoms with Gasteiger partial charge in [0.25, 0.3) is 0 Å². The Morgan fingerprint density at radius 1 is 1.24 bits per heavy atom. The molecule has 0 radical (unpaired) electrons. The minimum Gasteiger partial charge on any atom is -0.405 e. The molecule has 2 N–H and O–H groups in total. The normalized spacial score (nSPS) is 29.2. The van der Waals surface area contributed by atoms with Crippen molar-refractivity contribution in [3.8, 4) is 0 Å². The van der Waals surface area contributed by atoms with Crippen molar-refractivity contribution in [3.63, 3.8) is 0 Å². The molecule has 0 spiro atoms. The van der Waals surface area contributed by atoms with Crippen molar-refractivity contribution in [2.24, 2.45) is 10.7 Å². The Kier molecular flexibility index (Phi) is 5.09. The molecular formula is C14H25BN2O4. The van der Waals surface area contributed by atoms with Gasteiger partial charge in [0.15, 0.2) is 0 Å². The molecule has 0 amide bonds. The van der Waals surface area contributed by atoms with Crippen molar-refractivity contribution in [2.75, 3.05) is 26.4 Å². The standard InChI is InChI=1S/C14H25BN2O4/c1-13(2)14(3,4)21-15(20-13)11(7-16)8-17-9-12-10-18-5-6-19-12/h7-8,12H,5-6,9-10,16H2,1-4H3/t12-/m0/s1. The van der Waals surface area contributed by atoms with Gasteiger partial charge < -0.3 is 24.5 Å². The van der Waals surface area contributed by atoms with Gasteiger partial charge in [-0.2, -0.15) is 0 Å². The van der Waals surface area contributed by atoms with E-state index in [1.54, 1.807) is 6.21 Å². The average Bonchev–Trinajstić information content (AvgIpc) is 2.64. The molecule has 118 valence electrons. The van der Waals surface area contributed by atoms with Crippen LogP contribution in [0.2, 0.25) is 0 Å². The van der Waals surface area contributed by atoms with E-state index in [1.807, 2.05) is 27.7 Å². The summed E-state index contributed by atoms with van der Waals surface area (Å²) in [7, 11) is -0.493. The molecule has 1 atom stereocenters. The first-order valence-electron chi connectivity index (χ1n) is 7.32. The summed E-state index contributed by atoms with van der Waals surface area (Å²) < 4.78 is 22.7. The van der Waals surface area contributed by atoms with Gasteiger partial charge in [-0.15, -0.1) is 0 Å². The molecule has 6 nitrogen and oxygen atoms in total. The lowest BCUT2D eigenvalue weighted by Gasteiger charge is -2.32. The lowest BCUT2D eigenvalue weighted by Crippen LogP contribution is -2.41. The molecular weight excluding hydrogens is 271 g/mol. The summed E-state index contributed by atoms with van der Waals surface area (Å²) in [6.45, 7) is 10.4. The summed E-state index contributed by atoms with van der Waals surface area (Å²) in [5, 5.41) is 0. The first kappa shape index (κ1) is 16.5. The minimum absolute atomic E-state index is 0.00678. The van der Waals surface area contributed by atoms with Crippen LogP contribution >= 0.6 is 0 Å². The molecule has 21 heavy (non-hydrogen) atoms. The maximum Gasteiger partial charge on any atom is 0.497 e. The number of hydrogen-bond acceptors (Lipinski definition) is 6. The molecule has 0 aliphatic carbocycles. The van der Waals surface area contributed by atoms with Crippen LogP contribution in [0.4, 0.5) is 0 Å². The highest BCUT2D eigenvalue weighted by Crippen LogP contribution is 2.38. The van der Waals surface area contributed by atoms with Gasteiger partial charge in [0.2, 0.25) is 0 Å². The molecule has 2 heterocycles. The molecule has 2 aliphatic heterocycles. The SMILES string of the molecule is CC1(C)OB(C(C=NC[C@H]2COCCO2)=CN)OC1(C)C. The number of rotatable bonds is 4. The Bertz CT molecular complexity index is 401. The van der Waals surface area contributed by atoms with E-state index >= 15 is 0 Å². The summed E-state index contributed by atoms with van der Waals surface area (Å²) in [5.41, 5.74) is 5.62. The van der Waals surface area contributed by atoms with Crippen LogP contribution in [0.5, 0.6) is 0 Å². The van der Waals surface area contributed by atoms with E-state index in [-0.39, 0.29) is 17.3 Å². The summed E-state index contributed by atoms with van der Waals surface area (Å²) >= 11 is 0. The van der Waals surface area contributed by atoms with Crippen LogP contribution < -0.4 is 5.73 Å². The Balaban J connectivity index is 1.92. The second-order valence-electron chi connectivity index (χ2n) is 6.32. The van der Waals surface area contributed by atoms with Crippen molar-refractivity contribution in [2.45, 2.75) is 45.0 Å². The van der Waals surface area contributed by atoms with Crippen molar-refractivity contribution < 1.29 is 18.8 Å². The van der Waals surface area contributed by atoms with Crippen LogP contribution in [0.15, 0.2) is 16.7 Å². The molecule has 0 bridgehead atoms. The van der Waals surface area contributed by atoms with Crippen molar-refractivity contribution in [1.82, 2.24) is 0 Å². The van der Waals surface area contributed by atoms with Crippen LogP contribution in [0, 0.1) is 0 Å². The van der Waals surface area contributed by atoms with Gasteiger partial charge in [-0.05, 0) is 33.9 Å². The van der Waals surface area contributed by atoms with Gasteiger partial charge in [0.1, 0.15) is 6.10 Å². The fourth-order valence-electron chi connectivity index (χ4n) is 2.08. The zero-order valence-corrected chi connectivity index (χ0v) is 13.3. The predicted octanol–water partition coefficient (Wildman–Crippen LogP) is 0.947. The third-order valence-electron chi connectivity index (χ3n) is 4.15. The van der Waals surface area contributed by atoms with Crippen LogP contribution in [0.3, 0.4) is 0 Å². The minimum atomic E-state index is -0.493. The van der Waals surface area contributed by atoms with E-state index in [0.717, 1.165) is 0 Å². The average molecular weight is 296 g/mol. The van der Waals surface area contributed by atoms with Crippen LogP contribution in [-0.4, -0.2) is 57.0 Å². The molecule has 2 fully saturated rings. The zero-order chi connectivity index (χ0) is 15.5. The molecule has 0 aromatic carbocycles. The second-order valence-corrected chi connectivity index (χ2v) is 6.32. The van der Waals surface area contributed by atoms with Crippen molar-refractivity contribution in [3.05, 3.63) is 11.7 Å². The number of nitrogens with two attached hydrogens (primary N) is 1. The van der Waals surface area contributed by atoms with Crippen molar-refractivity contribution in [1.29, 1.82) is 0 Å². The fourth-order valence-corrected chi connectivity index (χ4v) is 2.08. The maximum atomic E-state index is 5.94. The molecule has 2 rings (SSSR count). The van der Waals surface area contributed by atoms with E-state index in [4.69, 9.17) is 24.5 Å². The van der Waals surface area contributed by atoms with E-state index in [9.17, 15) is 0 Å². The summed E-state index contributed by atoms with van der Waals surface area (Å²) in [4.78, 5) is 4.37. The highest BCUT2D eigenvalue weighted by atomic mass is 16.7. The maximum absolute atomic E-state index is 5.94. The summed E-state index contributed by atoms with van der Waals surface area (Å²) in [6, 6.07) is 0. The molecule has 0 saturated carbocycles. The third kappa shape index (κ3) is 3.85. The number of allylic oxidation sites excluding steroid dienone is 1. The number of ether oxygens (including phenoxy) is 2. The molecule has 0 aromatic rings. The Labute approximate surface area is 126 Å². The fraction of sp³-hybridized carbons (Fsp3) is 0.786. The molecule has 0 unspecified atom stereocenters.